The van der Waals surface area contributed by atoms with Crippen LogP contribution in [0, 0.1) is 0 Å². The average Bonchev–Trinajstić information content (AvgIpc) is 2.00. The summed E-state index contributed by atoms with van der Waals surface area (Å²) in [6, 6.07) is 0. The molecule has 0 aliphatic rings. The van der Waals surface area contributed by atoms with Gasteiger partial charge in [0.1, 0.15) is 6.10 Å². The molecule has 0 rings (SSSR count). The van der Waals surface area contributed by atoms with Gasteiger partial charge in [-0.3, -0.25) is 0 Å². The number of aliphatic hydroxyl groups excluding tert-OH is 2. The van der Waals surface area contributed by atoms with Gasteiger partial charge in [0, 0.05) is 0 Å². The van der Waals surface area contributed by atoms with Crippen molar-refractivity contribution in [2.45, 2.75) is 12.2 Å². The van der Waals surface area contributed by atoms with Gasteiger partial charge in [0.15, 0.2) is 6.10 Å². The van der Waals surface area contributed by atoms with Gasteiger partial charge in [-0.2, -0.15) is 0 Å². The molecule has 0 amide bonds. The molecule has 6 N–H and O–H groups in total. The molecule has 0 aliphatic carbocycles. The number of carboxylic acid groups (broad SMARTS) is 2. The Labute approximate surface area is 127 Å². The van der Waals surface area contributed by atoms with E-state index in [1.807, 2.05) is 0 Å². The van der Waals surface area contributed by atoms with Gasteiger partial charge in [-0.15, -0.1) is 0 Å². The summed E-state index contributed by atoms with van der Waals surface area (Å²) in [5.41, 5.74) is 0. The number of carboxylic acids is 2. The van der Waals surface area contributed by atoms with E-state index in [9.17, 15) is 14.7 Å². The summed E-state index contributed by atoms with van der Waals surface area (Å²) >= 11 is 0. The van der Waals surface area contributed by atoms with Gasteiger partial charge in [-0.25, -0.2) is 4.79 Å². The molecule has 0 bridgehead atoms. The molecule has 2 unspecified atom stereocenters. The van der Waals surface area contributed by atoms with E-state index < -0.39 is 31.5 Å². The number of hydrogen-bond donors (Lipinski definition) is 6. The Morgan fingerprint density at radius 1 is 1.07 bits per heavy atom. The van der Waals surface area contributed by atoms with E-state index in [1.54, 1.807) is 0 Å². The van der Waals surface area contributed by atoms with Gasteiger partial charge >= 0.3 is 64.7 Å². The maximum Gasteiger partial charge on any atom is 1.00 e. The zero-order chi connectivity index (χ0) is 11.9. The molecule has 0 aromatic carbocycles. The first kappa shape index (κ1) is 20.8. The second-order valence-electron chi connectivity index (χ2n) is 1.89. The third kappa shape index (κ3) is 14.4. The molecule has 9 nitrogen and oxygen atoms in total. The van der Waals surface area contributed by atoms with E-state index >= 15 is 0 Å². The number of rotatable bonds is 3. The minimum Gasteiger partial charge on any atom is -0.547 e. The quantitative estimate of drug-likeness (QED) is 0.265. The topological polar surface area (TPSA) is 179 Å². The summed E-state index contributed by atoms with van der Waals surface area (Å²) in [4.78, 5) is 19.4. The number of carbonyl (C=O) groups excluding carboxylic acids is 1. The molecule has 0 saturated heterocycles. The summed E-state index contributed by atoms with van der Waals surface area (Å²) in [6.07, 6.45) is -4.71. The van der Waals surface area contributed by atoms with Gasteiger partial charge < -0.3 is 40.3 Å². The van der Waals surface area contributed by atoms with Crippen LogP contribution in [-0.2, 0) is 9.59 Å². The van der Waals surface area contributed by atoms with Gasteiger partial charge in [0.2, 0.25) is 0 Å². The number of aliphatic hydroxyl groups is 2. The van der Waals surface area contributed by atoms with Crippen LogP contribution in [0.3, 0.4) is 0 Å². The molecule has 0 spiro atoms. The molecule has 0 aliphatic heterocycles. The third-order valence-electron chi connectivity index (χ3n) is 0.794. The Bertz CT molecular complexity index is 176. The second kappa shape index (κ2) is 10.9. The fourth-order valence-corrected chi connectivity index (χ4v) is 0.264. The van der Waals surface area contributed by atoms with Crippen LogP contribution >= 0.6 is 0 Å². The molecule has 0 fully saturated rings. The van der Waals surface area contributed by atoms with Crippen molar-refractivity contribution in [3.8, 4) is 0 Å². The largest absolute Gasteiger partial charge is 1.00 e. The minimum absolute atomic E-state index is 0. The molecule has 0 heterocycles. The van der Waals surface area contributed by atoms with Crippen molar-refractivity contribution < 1.29 is 96.5 Å². The molecule has 2 atom stereocenters. The fraction of sp³-hybridized carbons (Fsp3) is 0.500. The van der Waals surface area contributed by atoms with Gasteiger partial charge in [0.05, 0.1) is 5.97 Å². The summed E-state index contributed by atoms with van der Waals surface area (Å²) in [5.74, 6) is -3.83. The van der Waals surface area contributed by atoms with Gasteiger partial charge in [-0.05, 0) is 0 Å². The maximum atomic E-state index is 9.74. The standard InChI is InChI=1S/C4H6O6.BH3O3.K/c5-1(3(7)8)2(6)4(9)10;2-1(3)4;/h1-2,5-6H,(H,7,8)(H,9,10);2-4H;/q;;+1/p-1. The Hall–Kier alpha value is 0.441. The van der Waals surface area contributed by atoms with E-state index in [0.29, 0.717) is 0 Å². The van der Waals surface area contributed by atoms with Crippen LogP contribution in [0.15, 0.2) is 0 Å². The monoisotopic (exact) mass is 250 g/mol. The normalized spacial score (nSPS) is 12.3. The summed E-state index contributed by atoms with van der Waals surface area (Å²) in [6.45, 7) is 0. The van der Waals surface area contributed by atoms with Crippen molar-refractivity contribution in [3.05, 3.63) is 0 Å². The van der Waals surface area contributed by atoms with Crippen molar-refractivity contribution in [3.63, 3.8) is 0 Å². The van der Waals surface area contributed by atoms with E-state index in [0.717, 1.165) is 0 Å². The second-order valence-corrected chi connectivity index (χ2v) is 1.89. The van der Waals surface area contributed by atoms with E-state index in [4.69, 9.17) is 30.4 Å². The Kier molecular flexibility index (Phi) is 15.2. The molecule has 0 aromatic rings. The van der Waals surface area contributed by atoms with Crippen LogP contribution in [0.25, 0.3) is 0 Å². The zero-order valence-corrected chi connectivity index (χ0v) is 10.8. The Morgan fingerprint density at radius 3 is 1.40 bits per heavy atom. The van der Waals surface area contributed by atoms with Crippen molar-refractivity contribution in [2.75, 3.05) is 0 Å². The smallest absolute Gasteiger partial charge is 0.547 e. The fourth-order valence-electron chi connectivity index (χ4n) is 0.264. The van der Waals surface area contributed by atoms with Crippen LogP contribution in [0.2, 0.25) is 0 Å². The van der Waals surface area contributed by atoms with Crippen LogP contribution < -0.4 is 56.5 Å². The SMILES string of the molecule is O=C([O-])C(O)C(O)C(=O)O.OB(O)O.[K+]. The Balaban J connectivity index is -0.000000249. The molecular formula is C4H8BKO9. The van der Waals surface area contributed by atoms with E-state index in [-0.39, 0.29) is 51.4 Å². The summed E-state index contributed by atoms with van der Waals surface area (Å²) in [7, 11) is -2.17. The number of aliphatic carboxylic acids is 2. The van der Waals surface area contributed by atoms with E-state index in [2.05, 4.69) is 0 Å². The van der Waals surface area contributed by atoms with Crippen molar-refractivity contribution >= 4 is 19.3 Å². The molecule has 0 aromatic heterocycles. The minimum atomic E-state index is -2.38. The summed E-state index contributed by atoms with van der Waals surface area (Å²) < 4.78 is 0. The van der Waals surface area contributed by atoms with Gasteiger partial charge in [0.25, 0.3) is 0 Å². The van der Waals surface area contributed by atoms with Crippen molar-refractivity contribution in [1.29, 1.82) is 0 Å². The van der Waals surface area contributed by atoms with Crippen LogP contribution in [-0.4, -0.2) is 61.9 Å². The summed E-state index contributed by atoms with van der Waals surface area (Å²) in [5, 5.41) is 55.6. The first-order valence-electron chi connectivity index (χ1n) is 3.04. The number of hydrogen-bond acceptors (Lipinski definition) is 8. The average molecular weight is 250 g/mol. The van der Waals surface area contributed by atoms with Gasteiger partial charge in [-0.1, -0.05) is 0 Å². The van der Waals surface area contributed by atoms with Crippen molar-refractivity contribution in [2.24, 2.45) is 0 Å². The zero-order valence-electron chi connectivity index (χ0n) is 7.64. The molecular weight excluding hydrogens is 242 g/mol. The molecule has 11 heteroatoms. The molecule has 15 heavy (non-hydrogen) atoms. The maximum absolute atomic E-state index is 9.74. The van der Waals surface area contributed by atoms with Crippen LogP contribution in [0.4, 0.5) is 0 Å². The molecule has 82 valence electrons. The predicted molar refractivity (Wildman–Crippen MR) is 37.1 cm³/mol. The van der Waals surface area contributed by atoms with Crippen LogP contribution in [0.5, 0.6) is 0 Å². The number of carbonyl (C=O) groups is 2. The third-order valence-corrected chi connectivity index (χ3v) is 0.794. The van der Waals surface area contributed by atoms with Crippen molar-refractivity contribution in [1.82, 2.24) is 0 Å². The molecule has 0 radical (unpaired) electrons. The first-order chi connectivity index (χ1) is 6.20. The molecule has 0 saturated carbocycles. The first-order valence-corrected chi connectivity index (χ1v) is 3.04. The van der Waals surface area contributed by atoms with Crippen LogP contribution in [0.1, 0.15) is 0 Å². The predicted octanol–water partition coefficient (Wildman–Crippen LogP) is -8.51. The van der Waals surface area contributed by atoms with E-state index in [1.165, 1.54) is 0 Å². The Morgan fingerprint density at radius 2 is 1.33 bits per heavy atom.